The van der Waals surface area contributed by atoms with Gasteiger partial charge in [-0.15, -0.1) is 0 Å². The van der Waals surface area contributed by atoms with Gasteiger partial charge in [0.2, 0.25) is 0 Å². The van der Waals surface area contributed by atoms with Crippen molar-refractivity contribution in [1.82, 2.24) is 4.90 Å². The van der Waals surface area contributed by atoms with E-state index in [4.69, 9.17) is 9.15 Å². The fourth-order valence-corrected chi connectivity index (χ4v) is 3.62. The Morgan fingerprint density at radius 3 is 2.12 bits per heavy atom. The zero-order chi connectivity index (χ0) is 17.9. The van der Waals surface area contributed by atoms with Gasteiger partial charge in [0, 0.05) is 0 Å². The first-order chi connectivity index (χ1) is 12.8. The van der Waals surface area contributed by atoms with Crippen molar-refractivity contribution >= 4 is 5.97 Å². The molecule has 0 amide bonds. The smallest absolute Gasteiger partial charge is 0.325 e. The summed E-state index contributed by atoms with van der Waals surface area (Å²) in [6.07, 6.45) is 1.65. The van der Waals surface area contributed by atoms with Crippen molar-refractivity contribution in [3.8, 4) is 0 Å². The minimum atomic E-state index is -0.341. The molecule has 1 aromatic heterocycles. The molecule has 4 nitrogen and oxygen atoms in total. The van der Waals surface area contributed by atoms with E-state index >= 15 is 0 Å². The lowest BCUT2D eigenvalue weighted by atomic mass is 9.98. The third kappa shape index (κ3) is 3.04. The fraction of sp³-hybridized carbons (Fsp3) is 0.227. The van der Waals surface area contributed by atoms with Crippen molar-refractivity contribution in [2.75, 3.05) is 6.61 Å². The Bertz CT molecular complexity index is 806. The van der Waals surface area contributed by atoms with E-state index in [0.29, 0.717) is 6.61 Å². The molecule has 1 aliphatic heterocycles. The number of furan rings is 1. The van der Waals surface area contributed by atoms with Crippen LogP contribution in [0.15, 0.2) is 83.5 Å². The van der Waals surface area contributed by atoms with E-state index in [1.165, 1.54) is 0 Å². The van der Waals surface area contributed by atoms with Crippen molar-refractivity contribution in [3.63, 3.8) is 0 Å². The second-order valence-corrected chi connectivity index (χ2v) is 6.33. The van der Waals surface area contributed by atoms with Crippen LogP contribution in [0.1, 0.15) is 35.9 Å². The van der Waals surface area contributed by atoms with E-state index in [-0.39, 0.29) is 24.1 Å². The first kappa shape index (κ1) is 16.6. The molecule has 0 spiro atoms. The number of esters is 1. The molecular formula is C22H21NO3. The van der Waals surface area contributed by atoms with Crippen LogP contribution in [0.2, 0.25) is 0 Å². The molecule has 3 atom stereocenters. The quantitative estimate of drug-likeness (QED) is 0.491. The summed E-state index contributed by atoms with van der Waals surface area (Å²) in [6.45, 7) is 2.20. The summed E-state index contributed by atoms with van der Waals surface area (Å²) in [4.78, 5) is 14.8. The average Bonchev–Trinajstić information content (AvgIpc) is 3.15. The maximum Gasteiger partial charge on any atom is 0.325 e. The molecule has 1 fully saturated rings. The van der Waals surface area contributed by atoms with Gasteiger partial charge in [0.05, 0.1) is 25.0 Å². The van der Waals surface area contributed by atoms with Crippen LogP contribution in [0.3, 0.4) is 0 Å². The molecule has 4 heteroatoms. The van der Waals surface area contributed by atoms with Crippen molar-refractivity contribution in [3.05, 3.63) is 95.9 Å². The molecule has 3 aromatic rings. The molecule has 0 saturated carbocycles. The van der Waals surface area contributed by atoms with Gasteiger partial charge in [0.1, 0.15) is 11.8 Å². The highest BCUT2D eigenvalue weighted by molar-refractivity contribution is 5.81. The highest BCUT2D eigenvalue weighted by atomic mass is 16.5. The molecule has 0 radical (unpaired) electrons. The minimum Gasteiger partial charge on any atom is -0.468 e. The number of ether oxygens (including phenoxy) is 1. The van der Waals surface area contributed by atoms with Gasteiger partial charge >= 0.3 is 5.97 Å². The van der Waals surface area contributed by atoms with Crippen LogP contribution in [0, 0.1) is 0 Å². The molecule has 1 aliphatic rings. The minimum absolute atomic E-state index is 0.0399. The van der Waals surface area contributed by atoms with Crippen LogP contribution >= 0.6 is 0 Å². The summed E-state index contributed by atoms with van der Waals surface area (Å²) in [5, 5.41) is 0. The van der Waals surface area contributed by atoms with Crippen molar-refractivity contribution in [2.45, 2.75) is 25.0 Å². The van der Waals surface area contributed by atoms with E-state index in [1.807, 2.05) is 55.5 Å². The zero-order valence-electron chi connectivity index (χ0n) is 14.6. The molecule has 2 heterocycles. The largest absolute Gasteiger partial charge is 0.468 e. The highest BCUT2D eigenvalue weighted by Crippen LogP contribution is 2.52. The van der Waals surface area contributed by atoms with E-state index in [9.17, 15) is 4.79 Å². The van der Waals surface area contributed by atoms with Gasteiger partial charge in [-0.1, -0.05) is 60.7 Å². The average molecular weight is 347 g/mol. The number of carbonyl (C=O) groups is 1. The molecular weight excluding hydrogens is 326 g/mol. The summed E-state index contributed by atoms with van der Waals surface area (Å²) in [5.74, 6) is 0.589. The van der Waals surface area contributed by atoms with E-state index < -0.39 is 0 Å². The Kier molecular flexibility index (Phi) is 4.59. The van der Waals surface area contributed by atoms with Crippen LogP contribution in [-0.2, 0) is 9.53 Å². The normalized spacial score (nSPS) is 21.5. The second-order valence-electron chi connectivity index (χ2n) is 6.33. The van der Waals surface area contributed by atoms with Gasteiger partial charge in [-0.05, 0) is 30.2 Å². The summed E-state index contributed by atoms with van der Waals surface area (Å²) < 4.78 is 10.9. The number of rotatable bonds is 6. The first-order valence-electron chi connectivity index (χ1n) is 8.88. The Hall–Kier alpha value is -2.85. The third-order valence-electron chi connectivity index (χ3n) is 4.74. The van der Waals surface area contributed by atoms with Crippen LogP contribution in [0.4, 0.5) is 0 Å². The number of benzene rings is 2. The molecule has 4 rings (SSSR count). The maximum absolute atomic E-state index is 12.6. The summed E-state index contributed by atoms with van der Waals surface area (Å²) in [7, 11) is 0. The SMILES string of the molecule is CCOC(=O)[C@H]1[C@H](c2ccco2)N1C(c1ccccc1)c1ccccc1. The lowest BCUT2D eigenvalue weighted by molar-refractivity contribution is -0.143. The predicted octanol–water partition coefficient (Wildman–Crippen LogP) is 4.36. The monoisotopic (exact) mass is 347 g/mol. The van der Waals surface area contributed by atoms with E-state index in [2.05, 4.69) is 29.2 Å². The fourth-order valence-electron chi connectivity index (χ4n) is 3.62. The van der Waals surface area contributed by atoms with Gasteiger partial charge in [0.25, 0.3) is 0 Å². The number of hydrogen-bond donors (Lipinski definition) is 0. The highest BCUT2D eigenvalue weighted by Gasteiger charge is 2.59. The Morgan fingerprint density at radius 1 is 1.00 bits per heavy atom. The standard InChI is InChI=1S/C22H21NO3/c1-2-25-22(24)21-20(18-14-9-15-26-18)23(21)19(16-10-5-3-6-11-16)17-12-7-4-8-13-17/h3-15,19-21H,2H2,1H3/t20-,21+,23?/m0/s1. The molecule has 0 aliphatic carbocycles. The van der Waals surface area contributed by atoms with Gasteiger partial charge in [-0.3, -0.25) is 9.69 Å². The van der Waals surface area contributed by atoms with Crippen LogP contribution in [-0.4, -0.2) is 23.5 Å². The van der Waals surface area contributed by atoms with Crippen LogP contribution in [0.5, 0.6) is 0 Å². The van der Waals surface area contributed by atoms with Crippen molar-refractivity contribution < 1.29 is 13.9 Å². The van der Waals surface area contributed by atoms with Crippen molar-refractivity contribution in [1.29, 1.82) is 0 Å². The third-order valence-corrected chi connectivity index (χ3v) is 4.74. The lowest BCUT2D eigenvalue weighted by Crippen LogP contribution is -2.20. The van der Waals surface area contributed by atoms with E-state index in [0.717, 1.165) is 16.9 Å². The number of hydrogen-bond acceptors (Lipinski definition) is 4. The van der Waals surface area contributed by atoms with Gasteiger partial charge in [-0.25, -0.2) is 0 Å². The lowest BCUT2D eigenvalue weighted by Gasteiger charge is -2.21. The Balaban J connectivity index is 1.75. The molecule has 1 unspecified atom stereocenters. The van der Waals surface area contributed by atoms with Crippen LogP contribution in [0.25, 0.3) is 0 Å². The zero-order valence-corrected chi connectivity index (χ0v) is 14.6. The van der Waals surface area contributed by atoms with Crippen molar-refractivity contribution in [2.24, 2.45) is 0 Å². The molecule has 2 aromatic carbocycles. The maximum atomic E-state index is 12.6. The predicted molar refractivity (Wildman–Crippen MR) is 98.4 cm³/mol. The summed E-state index contributed by atoms with van der Waals surface area (Å²) in [6, 6.07) is 23.8. The van der Waals surface area contributed by atoms with Crippen LogP contribution < -0.4 is 0 Å². The summed E-state index contributed by atoms with van der Waals surface area (Å²) in [5.41, 5.74) is 2.28. The van der Waals surface area contributed by atoms with Gasteiger partial charge < -0.3 is 9.15 Å². The first-order valence-corrected chi connectivity index (χ1v) is 8.88. The van der Waals surface area contributed by atoms with Gasteiger partial charge in [-0.2, -0.15) is 0 Å². The second kappa shape index (κ2) is 7.18. The Morgan fingerprint density at radius 2 is 1.62 bits per heavy atom. The molecule has 26 heavy (non-hydrogen) atoms. The number of nitrogens with zero attached hydrogens (tertiary/aromatic N) is 1. The topological polar surface area (TPSA) is 42.4 Å². The summed E-state index contributed by atoms with van der Waals surface area (Å²) >= 11 is 0. The van der Waals surface area contributed by atoms with Gasteiger partial charge in [0.15, 0.2) is 0 Å². The molecule has 1 saturated heterocycles. The molecule has 0 N–H and O–H groups in total. The Labute approximate surface area is 153 Å². The molecule has 132 valence electrons. The van der Waals surface area contributed by atoms with E-state index in [1.54, 1.807) is 6.26 Å². The molecule has 0 bridgehead atoms. The number of carbonyl (C=O) groups excluding carboxylic acids is 1.